The van der Waals surface area contributed by atoms with Gasteiger partial charge in [0.25, 0.3) is 0 Å². The van der Waals surface area contributed by atoms with Gasteiger partial charge in [0.2, 0.25) is 5.91 Å². The summed E-state index contributed by atoms with van der Waals surface area (Å²) in [7, 11) is 1.89. The van der Waals surface area contributed by atoms with Crippen LogP contribution >= 0.6 is 0 Å². The van der Waals surface area contributed by atoms with Gasteiger partial charge in [-0.3, -0.25) is 9.78 Å². The first kappa shape index (κ1) is 15.5. The number of hydrogen-bond acceptors (Lipinski definition) is 3. The van der Waals surface area contributed by atoms with Gasteiger partial charge in [-0.1, -0.05) is 18.2 Å². The average Bonchev–Trinajstić information content (AvgIpc) is 2.82. The van der Waals surface area contributed by atoms with Crippen LogP contribution in [-0.2, 0) is 17.6 Å². The van der Waals surface area contributed by atoms with Crippen molar-refractivity contribution in [2.75, 3.05) is 20.2 Å². The third-order valence-corrected chi connectivity index (χ3v) is 4.37. The SMILES string of the molecule is CN(CCc1ccncc1)C(=O)C1CCOc2ccccc2C1. The number of amides is 1. The molecule has 1 amide bonds. The van der Waals surface area contributed by atoms with Crippen LogP contribution in [0.2, 0.25) is 0 Å². The lowest BCUT2D eigenvalue weighted by molar-refractivity contribution is -0.134. The summed E-state index contributed by atoms with van der Waals surface area (Å²) in [5, 5.41) is 0. The molecule has 0 spiro atoms. The van der Waals surface area contributed by atoms with Crippen LogP contribution in [0.5, 0.6) is 5.75 Å². The molecule has 4 heteroatoms. The van der Waals surface area contributed by atoms with Gasteiger partial charge in [-0.05, 0) is 48.6 Å². The summed E-state index contributed by atoms with van der Waals surface area (Å²) in [6.07, 6.45) is 5.96. The highest BCUT2D eigenvalue weighted by Gasteiger charge is 2.25. The van der Waals surface area contributed by atoms with Gasteiger partial charge in [-0.2, -0.15) is 0 Å². The number of para-hydroxylation sites is 1. The molecule has 0 N–H and O–H groups in total. The Morgan fingerprint density at radius 3 is 2.87 bits per heavy atom. The molecule has 1 atom stereocenters. The second kappa shape index (κ2) is 7.27. The molecule has 0 saturated heterocycles. The number of aromatic nitrogens is 1. The molecule has 1 aromatic carbocycles. The van der Waals surface area contributed by atoms with Crippen molar-refractivity contribution in [3.05, 3.63) is 59.9 Å². The molecule has 0 radical (unpaired) electrons. The van der Waals surface area contributed by atoms with Gasteiger partial charge in [0.15, 0.2) is 0 Å². The third kappa shape index (κ3) is 3.89. The molecule has 23 heavy (non-hydrogen) atoms. The Kier molecular flexibility index (Phi) is 4.91. The smallest absolute Gasteiger partial charge is 0.225 e. The molecule has 0 bridgehead atoms. The van der Waals surface area contributed by atoms with Crippen molar-refractivity contribution in [1.82, 2.24) is 9.88 Å². The van der Waals surface area contributed by atoms with Crippen LogP contribution in [0, 0.1) is 5.92 Å². The van der Waals surface area contributed by atoms with Crippen LogP contribution < -0.4 is 4.74 Å². The Hall–Kier alpha value is -2.36. The van der Waals surface area contributed by atoms with Crippen molar-refractivity contribution < 1.29 is 9.53 Å². The number of pyridine rings is 1. The first-order valence-electron chi connectivity index (χ1n) is 8.08. The Morgan fingerprint density at radius 2 is 2.04 bits per heavy atom. The van der Waals surface area contributed by atoms with Gasteiger partial charge in [-0.25, -0.2) is 0 Å². The minimum Gasteiger partial charge on any atom is -0.493 e. The molecule has 0 aliphatic carbocycles. The second-order valence-corrected chi connectivity index (χ2v) is 6.01. The molecule has 0 fully saturated rings. The number of fused-ring (bicyclic) bond motifs is 1. The summed E-state index contributed by atoms with van der Waals surface area (Å²) < 4.78 is 5.76. The van der Waals surface area contributed by atoms with E-state index in [0.717, 1.165) is 37.1 Å². The predicted molar refractivity (Wildman–Crippen MR) is 89.3 cm³/mol. The summed E-state index contributed by atoms with van der Waals surface area (Å²) in [5.74, 6) is 1.13. The Balaban J connectivity index is 1.61. The summed E-state index contributed by atoms with van der Waals surface area (Å²) in [5.41, 5.74) is 2.33. The van der Waals surface area contributed by atoms with Crippen LogP contribution in [0.3, 0.4) is 0 Å². The Labute approximate surface area is 137 Å². The fourth-order valence-corrected chi connectivity index (χ4v) is 2.97. The number of carbonyl (C=O) groups excluding carboxylic acids is 1. The van der Waals surface area contributed by atoms with Crippen LogP contribution in [0.1, 0.15) is 17.5 Å². The molecule has 2 aromatic rings. The highest BCUT2D eigenvalue weighted by atomic mass is 16.5. The zero-order valence-corrected chi connectivity index (χ0v) is 13.4. The maximum Gasteiger partial charge on any atom is 0.225 e. The van der Waals surface area contributed by atoms with Crippen LogP contribution in [0.15, 0.2) is 48.8 Å². The van der Waals surface area contributed by atoms with Crippen LogP contribution in [0.25, 0.3) is 0 Å². The van der Waals surface area contributed by atoms with Gasteiger partial charge in [-0.15, -0.1) is 0 Å². The van der Waals surface area contributed by atoms with E-state index in [-0.39, 0.29) is 11.8 Å². The fraction of sp³-hybridized carbons (Fsp3) is 0.368. The lowest BCUT2D eigenvalue weighted by Crippen LogP contribution is -2.35. The zero-order valence-electron chi connectivity index (χ0n) is 13.4. The van der Waals surface area contributed by atoms with Crippen molar-refractivity contribution in [2.24, 2.45) is 5.92 Å². The van der Waals surface area contributed by atoms with Crippen molar-refractivity contribution >= 4 is 5.91 Å². The lowest BCUT2D eigenvalue weighted by Gasteiger charge is -2.22. The van der Waals surface area contributed by atoms with Crippen molar-refractivity contribution in [2.45, 2.75) is 19.3 Å². The van der Waals surface area contributed by atoms with E-state index in [0.29, 0.717) is 6.61 Å². The van der Waals surface area contributed by atoms with Gasteiger partial charge in [0.05, 0.1) is 6.61 Å². The van der Waals surface area contributed by atoms with E-state index in [1.54, 1.807) is 12.4 Å². The molecular formula is C19H22N2O2. The topological polar surface area (TPSA) is 42.4 Å². The summed E-state index contributed by atoms with van der Waals surface area (Å²) in [6, 6.07) is 12.0. The fourth-order valence-electron chi connectivity index (χ4n) is 2.97. The van der Waals surface area contributed by atoms with Crippen molar-refractivity contribution in [1.29, 1.82) is 0 Å². The average molecular weight is 310 g/mol. The van der Waals surface area contributed by atoms with E-state index in [1.165, 1.54) is 5.56 Å². The quantitative estimate of drug-likeness (QED) is 0.872. The minimum atomic E-state index is 0.00101. The molecule has 1 aromatic heterocycles. The molecule has 120 valence electrons. The number of benzene rings is 1. The van der Waals surface area contributed by atoms with Gasteiger partial charge < -0.3 is 9.64 Å². The van der Waals surface area contributed by atoms with Gasteiger partial charge in [0.1, 0.15) is 5.75 Å². The van der Waals surface area contributed by atoms with Gasteiger partial charge >= 0.3 is 0 Å². The Bertz CT molecular complexity index is 657. The lowest BCUT2D eigenvalue weighted by atomic mass is 9.95. The monoisotopic (exact) mass is 310 g/mol. The van der Waals surface area contributed by atoms with Crippen LogP contribution in [0.4, 0.5) is 0 Å². The van der Waals surface area contributed by atoms with E-state index in [4.69, 9.17) is 4.74 Å². The Morgan fingerprint density at radius 1 is 1.26 bits per heavy atom. The third-order valence-electron chi connectivity index (χ3n) is 4.37. The molecule has 3 rings (SSSR count). The van der Waals surface area contributed by atoms with Crippen molar-refractivity contribution in [3.8, 4) is 5.75 Å². The largest absolute Gasteiger partial charge is 0.493 e. The molecule has 2 heterocycles. The number of rotatable bonds is 4. The molecule has 0 saturated carbocycles. The normalized spacial score (nSPS) is 16.8. The summed E-state index contributed by atoms with van der Waals surface area (Å²) >= 11 is 0. The van der Waals surface area contributed by atoms with E-state index in [2.05, 4.69) is 11.1 Å². The highest BCUT2D eigenvalue weighted by molar-refractivity contribution is 5.79. The first-order valence-corrected chi connectivity index (χ1v) is 8.08. The predicted octanol–water partition coefficient (Wildman–Crippen LogP) is 2.72. The summed E-state index contributed by atoms with van der Waals surface area (Å²) in [6.45, 7) is 1.33. The molecule has 1 aliphatic rings. The number of ether oxygens (including phenoxy) is 1. The maximum absolute atomic E-state index is 12.7. The first-order chi connectivity index (χ1) is 11.2. The van der Waals surface area contributed by atoms with Crippen molar-refractivity contribution in [3.63, 3.8) is 0 Å². The van der Waals surface area contributed by atoms with Crippen LogP contribution in [-0.4, -0.2) is 36.0 Å². The maximum atomic E-state index is 12.7. The number of carbonyl (C=O) groups is 1. The van der Waals surface area contributed by atoms with E-state index in [9.17, 15) is 4.79 Å². The number of hydrogen-bond donors (Lipinski definition) is 0. The van der Waals surface area contributed by atoms with E-state index >= 15 is 0 Å². The number of likely N-dealkylation sites (N-methyl/N-ethyl adjacent to an activating group) is 1. The second-order valence-electron chi connectivity index (χ2n) is 6.01. The standard InChI is InChI=1S/C19H22N2O2/c1-21(12-8-15-6-10-20-11-7-15)19(22)17-9-13-23-18-5-3-2-4-16(18)14-17/h2-7,10-11,17H,8-9,12-14H2,1H3. The summed E-state index contributed by atoms with van der Waals surface area (Å²) in [4.78, 5) is 18.6. The molecular weight excluding hydrogens is 288 g/mol. The molecule has 1 unspecified atom stereocenters. The van der Waals surface area contributed by atoms with E-state index in [1.807, 2.05) is 42.3 Å². The molecule has 4 nitrogen and oxygen atoms in total. The highest BCUT2D eigenvalue weighted by Crippen LogP contribution is 2.27. The molecule has 1 aliphatic heterocycles. The van der Waals surface area contributed by atoms with Gasteiger partial charge in [0, 0.05) is 31.9 Å². The number of nitrogens with zero attached hydrogens (tertiary/aromatic N) is 2. The van der Waals surface area contributed by atoms with E-state index < -0.39 is 0 Å². The minimum absolute atomic E-state index is 0.00101. The zero-order chi connectivity index (χ0) is 16.1.